The van der Waals surface area contributed by atoms with E-state index in [0.717, 1.165) is 0 Å². The van der Waals surface area contributed by atoms with Crippen molar-refractivity contribution >= 4 is 5.95 Å². The van der Waals surface area contributed by atoms with E-state index in [1.807, 2.05) is 0 Å². The second-order valence-corrected chi connectivity index (χ2v) is 2.21. The quantitative estimate of drug-likeness (QED) is 0.720. The standard InChI is InChI=1S/C7H10FN3O/c1-4-5(8)6(12-3)11-7(9-2)10-4/h1-3H3,(H,9,10,11). The summed E-state index contributed by atoms with van der Waals surface area (Å²) in [6, 6.07) is 0. The molecule has 1 aromatic rings. The van der Waals surface area contributed by atoms with Crippen molar-refractivity contribution in [2.24, 2.45) is 0 Å². The third-order valence-corrected chi connectivity index (χ3v) is 1.40. The summed E-state index contributed by atoms with van der Waals surface area (Å²) in [7, 11) is 3.02. The number of hydrogen-bond acceptors (Lipinski definition) is 4. The van der Waals surface area contributed by atoms with Gasteiger partial charge in [0.1, 0.15) is 0 Å². The molecule has 0 atom stereocenters. The van der Waals surface area contributed by atoms with E-state index in [2.05, 4.69) is 15.3 Å². The van der Waals surface area contributed by atoms with Gasteiger partial charge in [0.25, 0.3) is 5.88 Å². The zero-order valence-electron chi connectivity index (χ0n) is 7.18. The Morgan fingerprint density at radius 2 is 2.08 bits per heavy atom. The number of aromatic nitrogens is 2. The highest BCUT2D eigenvalue weighted by Gasteiger charge is 2.10. The van der Waals surface area contributed by atoms with Crippen LogP contribution in [0.15, 0.2) is 0 Å². The summed E-state index contributed by atoms with van der Waals surface area (Å²) in [4.78, 5) is 7.57. The van der Waals surface area contributed by atoms with Gasteiger partial charge in [0.2, 0.25) is 11.8 Å². The van der Waals surface area contributed by atoms with E-state index in [4.69, 9.17) is 4.74 Å². The third-order valence-electron chi connectivity index (χ3n) is 1.40. The minimum absolute atomic E-state index is 0.0353. The lowest BCUT2D eigenvalue weighted by Gasteiger charge is -2.04. The summed E-state index contributed by atoms with van der Waals surface area (Å²) >= 11 is 0. The molecule has 0 bridgehead atoms. The second-order valence-electron chi connectivity index (χ2n) is 2.21. The Kier molecular flexibility index (Phi) is 2.42. The lowest BCUT2D eigenvalue weighted by atomic mass is 10.4. The molecule has 0 spiro atoms. The van der Waals surface area contributed by atoms with Gasteiger partial charge in [-0.2, -0.15) is 9.37 Å². The molecule has 0 saturated heterocycles. The molecule has 0 saturated carbocycles. The van der Waals surface area contributed by atoms with Crippen LogP contribution in [0.4, 0.5) is 10.3 Å². The first-order chi connectivity index (χ1) is 5.69. The van der Waals surface area contributed by atoms with Crippen molar-refractivity contribution in [2.75, 3.05) is 19.5 Å². The number of methoxy groups -OCH3 is 1. The summed E-state index contributed by atoms with van der Waals surface area (Å²) in [5.41, 5.74) is 0.270. The van der Waals surface area contributed by atoms with Gasteiger partial charge in [0, 0.05) is 7.05 Å². The molecule has 0 aromatic carbocycles. The minimum Gasteiger partial charge on any atom is -0.479 e. The number of hydrogen-bond donors (Lipinski definition) is 1. The highest BCUT2D eigenvalue weighted by atomic mass is 19.1. The number of rotatable bonds is 2. The van der Waals surface area contributed by atoms with E-state index < -0.39 is 5.82 Å². The fraction of sp³-hybridized carbons (Fsp3) is 0.429. The van der Waals surface area contributed by atoms with Crippen LogP contribution in [0.1, 0.15) is 5.69 Å². The molecule has 0 fully saturated rings. The molecule has 0 amide bonds. The average molecular weight is 171 g/mol. The molecule has 66 valence electrons. The van der Waals surface area contributed by atoms with Crippen LogP contribution >= 0.6 is 0 Å². The van der Waals surface area contributed by atoms with E-state index in [1.165, 1.54) is 7.11 Å². The molecule has 0 aliphatic carbocycles. The van der Waals surface area contributed by atoms with Gasteiger partial charge in [-0.15, -0.1) is 0 Å². The second kappa shape index (κ2) is 3.34. The molecule has 0 radical (unpaired) electrons. The molecular weight excluding hydrogens is 161 g/mol. The van der Waals surface area contributed by atoms with Crippen molar-refractivity contribution in [2.45, 2.75) is 6.92 Å². The van der Waals surface area contributed by atoms with Gasteiger partial charge < -0.3 is 10.1 Å². The first kappa shape index (κ1) is 8.70. The number of nitrogens with one attached hydrogen (secondary N) is 1. The van der Waals surface area contributed by atoms with Crippen LogP contribution in [-0.4, -0.2) is 24.1 Å². The number of anilines is 1. The van der Waals surface area contributed by atoms with Crippen LogP contribution in [0.3, 0.4) is 0 Å². The van der Waals surface area contributed by atoms with Gasteiger partial charge in [-0.1, -0.05) is 0 Å². The van der Waals surface area contributed by atoms with Crippen molar-refractivity contribution < 1.29 is 9.13 Å². The van der Waals surface area contributed by atoms with E-state index in [1.54, 1.807) is 14.0 Å². The zero-order chi connectivity index (χ0) is 9.14. The smallest absolute Gasteiger partial charge is 0.255 e. The molecule has 5 heteroatoms. The summed E-state index contributed by atoms with van der Waals surface area (Å²) in [6.45, 7) is 1.56. The predicted octanol–water partition coefficient (Wildman–Crippen LogP) is 0.974. The fourth-order valence-corrected chi connectivity index (χ4v) is 0.780. The normalized spacial score (nSPS) is 9.67. The Labute approximate surface area is 69.8 Å². The number of ether oxygens (including phenoxy) is 1. The Balaban J connectivity index is 3.19. The van der Waals surface area contributed by atoms with Crippen LogP contribution in [0.25, 0.3) is 0 Å². The molecule has 1 rings (SSSR count). The average Bonchev–Trinajstić information content (AvgIpc) is 2.09. The lowest BCUT2D eigenvalue weighted by molar-refractivity contribution is 0.366. The van der Waals surface area contributed by atoms with E-state index >= 15 is 0 Å². The lowest BCUT2D eigenvalue weighted by Crippen LogP contribution is -2.03. The molecule has 1 heterocycles. The van der Waals surface area contributed by atoms with E-state index in [9.17, 15) is 4.39 Å². The number of nitrogens with zero attached hydrogens (tertiary/aromatic N) is 2. The SMILES string of the molecule is CNc1nc(C)c(F)c(OC)n1. The van der Waals surface area contributed by atoms with Gasteiger partial charge in [-0.05, 0) is 6.92 Å². The first-order valence-corrected chi connectivity index (χ1v) is 3.45. The molecular formula is C7H10FN3O. The maximum atomic E-state index is 13.0. The molecule has 0 unspecified atom stereocenters. The molecule has 1 aromatic heterocycles. The van der Waals surface area contributed by atoms with Crippen LogP contribution in [0.2, 0.25) is 0 Å². The van der Waals surface area contributed by atoms with Crippen LogP contribution < -0.4 is 10.1 Å². The third kappa shape index (κ3) is 1.44. The Morgan fingerprint density at radius 1 is 1.42 bits per heavy atom. The minimum atomic E-state index is -0.517. The largest absolute Gasteiger partial charge is 0.479 e. The van der Waals surface area contributed by atoms with Crippen molar-refractivity contribution in [1.82, 2.24) is 9.97 Å². The van der Waals surface area contributed by atoms with Crippen molar-refractivity contribution in [1.29, 1.82) is 0 Å². The summed E-state index contributed by atoms with van der Waals surface area (Å²) in [6.07, 6.45) is 0. The number of halogens is 1. The Morgan fingerprint density at radius 3 is 2.58 bits per heavy atom. The molecule has 12 heavy (non-hydrogen) atoms. The van der Waals surface area contributed by atoms with Crippen LogP contribution in [0.5, 0.6) is 5.88 Å². The van der Waals surface area contributed by atoms with Gasteiger partial charge in [-0.25, -0.2) is 4.98 Å². The Hall–Kier alpha value is -1.39. The van der Waals surface area contributed by atoms with Crippen LogP contribution in [-0.2, 0) is 0 Å². The molecule has 4 nitrogen and oxygen atoms in total. The highest BCUT2D eigenvalue weighted by molar-refractivity contribution is 5.30. The van der Waals surface area contributed by atoms with Crippen molar-refractivity contribution in [3.63, 3.8) is 0 Å². The van der Waals surface area contributed by atoms with E-state index in [0.29, 0.717) is 5.95 Å². The van der Waals surface area contributed by atoms with Crippen molar-refractivity contribution in [3.05, 3.63) is 11.5 Å². The van der Waals surface area contributed by atoms with Gasteiger partial charge in [0.15, 0.2) is 0 Å². The molecule has 0 aliphatic rings. The fourth-order valence-electron chi connectivity index (χ4n) is 0.780. The predicted molar refractivity (Wildman–Crippen MR) is 42.8 cm³/mol. The monoisotopic (exact) mass is 171 g/mol. The molecule has 1 N–H and O–H groups in total. The summed E-state index contributed by atoms with van der Waals surface area (Å²) in [5, 5.41) is 2.70. The van der Waals surface area contributed by atoms with Crippen molar-refractivity contribution in [3.8, 4) is 5.88 Å². The maximum absolute atomic E-state index is 13.0. The van der Waals surface area contributed by atoms with E-state index in [-0.39, 0.29) is 11.6 Å². The first-order valence-electron chi connectivity index (χ1n) is 3.45. The summed E-state index contributed by atoms with van der Waals surface area (Å²) < 4.78 is 17.7. The highest BCUT2D eigenvalue weighted by Crippen LogP contribution is 2.17. The Bertz CT molecular complexity index is 290. The molecule has 0 aliphatic heterocycles. The summed E-state index contributed by atoms with van der Waals surface area (Å²) in [5.74, 6) is -0.200. The van der Waals surface area contributed by atoms with Gasteiger partial charge >= 0.3 is 0 Å². The number of aryl methyl sites for hydroxylation is 1. The topological polar surface area (TPSA) is 47.0 Å². The zero-order valence-corrected chi connectivity index (χ0v) is 7.18. The van der Waals surface area contributed by atoms with Gasteiger partial charge in [0.05, 0.1) is 12.8 Å². The maximum Gasteiger partial charge on any atom is 0.255 e. The van der Waals surface area contributed by atoms with Gasteiger partial charge in [-0.3, -0.25) is 0 Å². The van der Waals surface area contributed by atoms with Crippen LogP contribution in [0, 0.1) is 12.7 Å².